The van der Waals surface area contributed by atoms with Crippen LogP contribution in [0.15, 0.2) is 72.8 Å². The molecule has 0 radical (unpaired) electrons. The number of carbonyl (C=O) groups is 8. The second-order valence-electron chi connectivity index (χ2n) is 11.1. The molecule has 0 saturated heterocycles. The highest BCUT2D eigenvalue weighted by molar-refractivity contribution is 6.08. The molecule has 0 saturated carbocycles. The van der Waals surface area contributed by atoms with Crippen molar-refractivity contribution in [3.63, 3.8) is 0 Å². The molecule has 16 nitrogen and oxygen atoms in total. The predicted octanol–water partition coefficient (Wildman–Crippen LogP) is 4.95. The van der Waals surface area contributed by atoms with Crippen molar-refractivity contribution in [1.82, 2.24) is 0 Å². The lowest BCUT2D eigenvalue weighted by Crippen LogP contribution is -2.22. The van der Waals surface area contributed by atoms with Crippen molar-refractivity contribution in [1.29, 1.82) is 0 Å². The summed E-state index contributed by atoms with van der Waals surface area (Å²) in [5, 5.41) is 73.4. The first kappa shape index (κ1) is 38.1. The Morgan fingerprint density at radius 1 is 0.392 bits per heavy atom. The van der Waals surface area contributed by atoms with E-state index >= 15 is 0 Å². The number of carboxylic acids is 8. The summed E-state index contributed by atoms with van der Waals surface area (Å²) in [5.41, 5.74) is -3.47. The molecule has 4 rings (SSSR count). The van der Waals surface area contributed by atoms with Gasteiger partial charge in [0.25, 0.3) is 0 Å². The van der Waals surface area contributed by atoms with E-state index in [9.17, 15) is 53.7 Å². The van der Waals surface area contributed by atoms with E-state index in [1.165, 1.54) is 54.6 Å². The van der Waals surface area contributed by atoms with Crippen molar-refractivity contribution in [3.8, 4) is 11.1 Å². The molecule has 0 heterocycles. The molecule has 8 N–H and O–H groups in total. The average Bonchev–Trinajstić information content (AvgIpc) is 3.06. The molecule has 0 bridgehead atoms. The van der Waals surface area contributed by atoms with E-state index in [4.69, 9.17) is 25.5 Å². The average molecular weight is 703 g/mol. The van der Waals surface area contributed by atoms with Gasteiger partial charge in [-0.05, 0) is 64.7 Å². The maximum absolute atomic E-state index is 11.4. The molecule has 262 valence electrons. The molecule has 16 heteroatoms. The third kappa shape index (κ3) is 8.03. The van der Waals surface area contributed by atoms with Gasteiger partial charge in [0.15, 0.2) is 0 Å². The smallest absolute Gasteiger partial charge is 0.337 e. The zero-order valence-corrected chi connectivity index (χ0v) is 26.3. The molecular formula is C35H26O16. The molecule has 0 unspecified atom stereocenters. The molecule has 0 aliphatic rings. The summed E-state index contributed by atoms with van der Waals surface area (Å²) in [6.45, 7) is 3.38. The van der Waals surface area contributed by atoms with E-state index in [1.807, 2.05) is 0 Å². The number of carboxylic acid groups (broad SMARTS) is 8. The number of hydrogen-bond acceptors (Lipinski definition) is 8. The zero-order chi connectivity index (χ0) is 38.5. The van der Waals surface area contributed by atoms with Crippen molar-refractivity contribution in [2.75, 3.05) is 0 Å². The Bertz CT molecular complexity index is 2080. The molecule has 0 amide bonds. The largest absolute Gasteiger partial charge is 0.478 e. The van der Waals surface area contributed by atoms with Gasteiger partial charge >= 0.3 is 47.8 Å². The fourth-order valence-electron chi connectivity index (χ4n) is 5.04. The summed E-state index contributed by atoms with van der Waals surface area (Å²) < 4.78 is 0. The van der Waals surface area contributed by atoms with Crippen molar-refractivity contribution < 1.29 is 79.2 Å². The van der Waals surface area contributed by atoms with Crippen LogP contribution in [0.1, 0.15) is 108 Å². The van der Waals surface area contributed by atoms with Crippen LogP contribution < -0.4 is 0 Å². The van der Waals surface area contributed by atoms with Gasteiger partial charge in [-0.2, -0.15) is 0 Å². The van der Waals surface area contributed by atoms with E-state index in [0.29, 0.717) is 11.1 Å². The minimum absolute atomic E-state index is 0.0261. The molecule has 4 aromatic rings. The summed E-state index contributed by atoms with van der Waals surface area (Å²) in [6, 6.07) is 14.7. The first-order chi connectivity index (χ1) is 23.7. The van der Waals surface area contributed by atoms with Gasteiger partial charge in [-0.3, -0.25) is 0 Å². The van der Waals surface area contributed by atoms with Crippen molar-refractivity contribution in [2.24, 2.45) is 0 Å². The van der Waals surface area contributed by atoms with Crippen molar-refractivity contribution in [2.45, 2.75) is 19.3 Å². The van der Waals surface area contributed by atoms with Gasteiger partial charge < -0.3 is 40.9 Å². The lowest BCUT2D eigenvalue weighted by molar-refractivity contribution is 0.0651. The second kappa shape index (κ2) is 14.8. The van der Waals surface area contributed by atoms with E-state index < -0.39 is 86.6 Å². The highest BCUT2D eigenvalue weighted by Crippen LogP contribution is 2.34. The monoisotopic (exact) mass is 702 g/mol. The van der Waals surface area contributed by atoms with E-state index in [1.54, 1.807) is 13.8 Å². The lowest BCUT2D eigenvalue weighted by Gasteiger charge is -2.27. The lowest BCUT2D eigenvalue weighted by atomic mass is 9.76. The standard InChI is InChI=1S/C19H16O8.C16H10O8/c1-19(2,9-3-5-11(15(20)21)13(7-9)17(24)25)10-4-6-12(16(22)23)14(8-10)18(26)27;17-13(18)9-5-4-7(6-11(9)15(21)22)8-2-1-3-10(14(19)20)12(8)16(23)24/h3-8H,1-2H3,(H,20,21)(H,22,23)(H,24,25)(H,26,27);1-6H,(H,17,18)(H,19,20)(H,21,22)(H,23,24). The number of hydrogen-bond donors (Lipinski definition) is 8. The normalized spacial score (nSPS) is 10.6. The molecule has 0 aliphatic heterocycles. The molecule has 0 spiro atoms. The van der Waals surface area contributed by atoms with Gasteiger partial charge in [-0.1, -0.05) is 44.2 Å². The number of rotatable bonds is 11. The van der Waals surface area contributed by atoms with Crippen LogP contribution >= 0.6 is 0 Å². The summed E-state index contributed by atoms with van der Waals surface area (Å²) in [7, 11) is 0. The van der Waals surface area contributed by atoms with Crippen LogP contribution in [0.2, 0.25) is 0 Å². The topological polar surface area (TPSA) is 298 Å². The SMILES string of the molecule is CC(C)(c1ccc(C(=O)O)c(C(=O)O)c1)c1ccc(C(=O)O)c(C(=O)O)c1.O=C(O)c1ccc(-c2cccc(C(=O)O)c2C(=O)O)cc1C(=O)O. The molecule has 0 aromatic heterocycles. The summed E-state index contributed by atoms with van der Waals surface area (Å²) in [5.74, 6) is -11.5. The Kier molecular flexibility index (Phi) is 11.1. The second-order valence-corrected chi connectivity index (χ2v) is 11.1. The Balaban J connectivity index is 0.000000277. The van der Waals surface area contributed by atoms with Crippen LogP contribution in [0.25, 0.3) is 11.1 Å². The Morgan fingerprint density at radius 2 is 0.745 bits per heavy atom. The van der Waals surface area contributed by atoms with Gasteiger partial charge in [0.05, 0.1) is 44.5 Å². The van der Waals surface area contributed by atoms with Crippen molar-refractivity contribution in [3.05, 3.63) is 128 Å². The quantitative estimate of drug-likeness (QED) is 0.102. The fourth-order valence-corrected chi connectivity index (χ4v) is 5.04. The molecular weight excluding hydrogens is 676 g/mol. The van der Waals surface area contributed by atoms with E-state index in [0.717, 1.165) is 18.2 Å². The molecule has 0 fully saturated rings. The molecule has 0 aliphatic carbocycles. The molecule has 0 atom stereocenters. The van der Waals surface area contributed by atoms with Crippen LogP contribution in [0.5, 0.6) is 0 Å². The van der Waals surface area contributed by atoms with Crippen LogP contribution in [0.3, 0.4) is 0 Å². The van der Waals surface area contributed by atoms with Crippen LogP contribution in [0.4, 0.5) is 0 Å². The van der Waals surface area contributed by atoms with Gasteiger partial charge in [0.1, 0.15) is 0 Å². The number of aromatic carboxylic acids is 8. The summed E-state index contributed by atoms with van der Waals surface area (Å²) in [6.07, 6.45) is 0. The van der Waals surface area contributed by atoms with Crippen LogP contribution in [-0.4, -0.2) is 88.6 Å². The maximum Gasteiger partial charge on any atom is 0.337 e. The summed E-state index contributed by atoms with van der Waals surface area (Å²) in [4.78, 5) is 90.1. The minimum atomic E-state index is -1.50. The molecule has 4 aromatic carbocycles. The minimum Gasteiger partial charge on any atom is -0.478 e. The first-order valence-corrected chi connectivity index (χ1v) is 14.1. The van der Waals surface area contributed by atoms with E-state index in [2.05, 4.69) is 0 Å². The first-order valence-electron chi connectivity index (χ1n) is 14.1. The third-order valence-corrected chi connectivity index (χ3v) is 7.70. The van der Waals surface area contributed by atoms with Gasteiger partial charge in [-0.25, -0.2) is 38.4 Å². The predicted molar refractivity (Wildman–Crippen MR) is 173 cm³/mol. The Morgan fingerprint density at radius 3 is 1.10 bits per heavy atom. The maximum atomic E-state index is 11.4. The van der Waals surface area contributed by atoms with Crippen LogP contribution in [0, 0.1) is 0 Å². The third-order valence-electron chi connectivity index (χ3n) is 7.70. The summed E-state index contributed by atoms with van der Waals surface area (Å²) >= 11 is 0. The molecule has 51 heavy (non-hydrogen) atoms. The van der Waals surface area contributed by atoms with Crippen LogP contribution in [-0.2, 0) is 5.41 Å². The Hall–Kier alpha value is -7.36. The van der Waals surface area contributed by atoms with Gasteiger partial charge in [0.2, 0.25) is 0 Å². The Labute approximate surface area is 285 Å². The highest BCUT2D eigenvalue weighted by atomic mass is 16.4. The van der Waals surface area contributed by atoms with Gasteiger partial charge in [-0.15, -0.1) is 0 Å². The highest BCUT2D eigenvalue weighted by Gasteiger charge is 2.29. The zero-order valence-electron chi connectivity index (χ0n) is 26.3. The number of benzene rings is 4. The fraction of sp³-hybridized carbons (Fsp3) is 0.0857. The van der Waals surface area contributed by atoms with Crippen molar-refractivity contribution >= 4 is 47.8 Å². The van der Waals surface area contributed by atoms with E-state index in [-0.39, 0.29) is 22.3 Å². The van der Waals surface area contributed by atoms with Gasteiger partial charge in [0, 0.05) is 5.41 Å².